The van der Waals surface area contributed by atoms with Crippen molar-refractivity contribution >= 4 is 62.2 Å². The van der Waals surface area contributed by atoms with Crippen LogP contribution in [0.15, 0.2) is 35.4 Å². The van der Waals surface area contributed by atoms with Gasteiger partial charge in [0, 0.05) is 6.20 Å². The third kappa shape index (κ3) is 3.48. The molecule has 9 heteroatoms. The predicted molar refractivity (Wildman–Crippen MR) is 81.5 cm³/mol. The number of benzene rings is 1. The standard InChI is InChI=1S/C11H6Cl4N2O2S/c12-6-1-2-11(16-5-6)17-20(18,19)10-4-8(14)7(13)3-9(10)15/h1-5H,(H,16,17). The lowest BCUT2D eigenvalue weighted by Crippen LogP contribution is -2.14. The van der Waals surface area contributed by atoms with Crippen LogP contribution in [0.4, 0.5) is 5.82 Å². The van der Waals surface area contributed by atoms with Crippen LogP contribution >= 0.6 is 46.4 Å². The van der Waals surface area contributed by atoms with Gasteiger partial charge >= 0.3 is 0 Å². The van der Waals surface area contributed by atoms with Gasteiger partial charge in [-0.2, -0.15) is 0 Å². The maximum atomic E-state index is 12.2. The summed E-state index contributed by atoms with van der Waals surface area (Å²) in [5, 5.41) is 0.599. The minimum Gasteiger partial charge on any atom is -0.263 e. The molecule has 1 heterocycles. The molecule has 0 saturated heterocycles. The van der Waals surface area contributed by atoms with Gasteiger partial charge in [-0.3, -0.25) is 4.72 Å². The number of nitrogens with zero attached hydrogens (tertiary/aromatic N) is 1. The number of halogens is 4. The average Bonchev–Trinajstić information content (AvgIpc) is 2.36. The molecule has 0 unspecified atom stereocenters. The second-order valence-corrected chi connectivity index (χ2v) is 6.97. The maximum absolute atomic E-state index is 12.2. The monoisotopic (exact) mass is 370 g/mol. The summed E-state index contributed by atoms with van der Waals surface area (Å²) in [6.07, 6.45) is 1.32. The van der Waals surface area contributed by atoms with Gasteiger partial charge in [-0.25, -0.2) is 13.4 Å². The Balaban J connectivity index is 2.40. The molecule has 0 bridgehead atoms. The molecular formula is C11H6Cl4N2O2S. The molecule has 0 fully saturated rings. The number of aromatic nitrogens is 1. The molecule has 2 aromatic rings. The van der Waals surface area contributed by atoms with E-state index in [4.69, 9.17) is 46.4 Å². The van der Waals surface area contributed by atoms with E-state index in [0.29, 0.717) is 5.02 Å². The third-order valence-electron chi connectivity index (χ3n) is 2.23. The summed E-state index contributed by atoms with van der Waals surface area (Å²) >= 11 is 23.1. The Hall–Kier alpha value is -0.720. The molecule has 0 saturated carbocycles. The topological polar surface area (TPSA) is 59.1 Å². The Bertz CT molecular complexity index is 748. The van der Waals surface area contributed by atoms with Gasteiger partial charge in [0.05, 0.1) is 20.1 Å². The largest absolute Gasteiger partial charge is 0.264 e. The number of sulfonamides is 1. The summed E-state index contributed by atoms with van der Waals surface area (Å²) in [5.41, 5.74) is 0. The molecule has 0 amide bonds. The Kier molecular flexibility index (Phi) is 4.66. The molecule has 1 aromatic heterocycles. The molecule has 106 valence electrons. The molecular weight excluding hydrogens is 366 g/mol. The molecule has 20 heavy (non-hydrogen) atoms. The van der Waals surface area contributed by atoms with Gasteiger partial charge in [-0.1, -0.05) is 46.4 Å². The van der Waals surface area contributed by atoms with Crippen LogP contribution in [0.2, 0.25) is 20.1 Å². The van der Waals surface area contributed by atoms with E-state index in [1.807, 2.05) is 0 Å². The van der Waals surface area contributed by atoms with Crippen molar-refractivity contribution in [1.82, 2.24) is 4.98 Å². The van der Waals surface area contributed by atoms with E-state index in [-0.39, 0.29) is 25.8 Å². The Labute approximate surface area is 135 Å². The fourth-order valence-corrected chi connectivity index (χ4v) is 3.46. The van der Waals surface area contributed by atoms with E-state index in [1.165, 1.54) is 30.5 Å². The molecule has 0 aliphatic heterocycles. The Morgan fingerprint density at radius 3 is 2.20 bits per heavy atom. The fourth-order valence-electron chi connectivity index (χ4n) is 1.34. The lowest BCUT2D eigenvalue weighted by atomic mass is 10.4. The highest BCUT2D eigenvalue weighted by atomic mass is 35.5. The smallest absolute Gasteiger partial charge is 0.263 e. The Morgan fingerprint density at radius 1 is 0.950 bits per heavy atom. The molecule has 1 N–H and O–H groups in total. The van der Waals surface area contributed by atoms with Crippen molar-refractivity contribution in [1.29, 1.82) is 0 Å². The van der Waals surface area contributed by atoms with Gasteiger partial charge in [-0.15, -0.1) is 0 Å². The number of rotatable bonds is 3. The van der Waals surface area contributed by atoms with E-state index >= 15 is 0 Å². The van der Waals surface area contributed by atoms with Crippen molar-refractivity contribution < 1.29 is 8.42 Å². The first-order valence-corrected chi connectivity index (χ1v) is 8.08. The van der Waals surface area contributed by atoms with Crippen LogP contribution in [0.3, 0.4) is 0 Å². The van der Waals surface area contributed by atoms with E-state index in [1.54, 1.807) is 0 Å². The maximum Gasteiger partial charge on any atom is 0.264 e. The summed E-state index contributed by atoms with van der Waals surface area (Å²) in [7, 11) is -3.93. The Morgan fingerprint density at radius 2 is 1.60 bits per heavy atom. The highest BCUT2D eigenvalue weighted by Gasteiger charge is 2.20. The number of hydrogen-bond donors (Lipinski definition) is 1. The van der Waals surface area contributed by atoms with Crippen molar-refractivity contribution in [2.45, 2.75) is 4.90 Å². The molecule has 1 aromatic carbocycles. The molecule has 0 aliphatic carbocycles. The molecule has 2 rings (SSSR count). The zero-order valence-corrected chi connectivity index (χ0v) is 13.4. The van der Waals surface area contributed by atoms with Crippen molar-refractivity contribution in [2.24, 2.45) is 0 Å². The van der Waals surface area contributed by atoms with E-state index in [2.05, 4.69) is 9.71 Å². The number of anilines is 1. The number of pyridine rings is 1. The minimum absolute atomic E-state index is 0.0409. The van der Waals surface area contributed by atoms with Gasteiger partial charge in [0.25, 0.3) is 10.0 Å². The van der Waals surface area contributed by atoms with Crippen LogP contribution in [-0.4, -0.2) is 13.4 Å². The van der Waals surface area contributed by atoms with E-state index in [0.717, 1.165) is 0 Å². The SMILES string of the molecule is O=S(=O)(Nc1ccc(Cl)cn1)c1cc(Cl)c(Cl)cc1Cl. The first kappa shape index (κ1) is 15.7. The van der Waals surface area contributed by atoms with Crippen LogP contribution in [-0.2, 0) is 10.0 Å². The van der Waals surface area contributed by atoms with E-state index < -0.39 is 10.0 Å². The average molecular weight is 372 g/mol. The normalized spacial score (nSPS) is 11.4. The summed E-state index contributed by atoms with van der Waals surface area (Å²) in [5.74, 6) is 0.108. The first-order chi connectivity index (χ1) is 9.29. The van der Waals surface area contributed by atoms with Crippen molar-refractivity contribution in [3.8, 4) is 0 Å². The van der Waals surface area contributed by atoms with Gasteiger partial charge in [0.2, 0.25) is 0 Å². The summed E-state index contributed by atoms with van der Waals surface area (Å²) in [6.45, 7) is 0. The van der Waals surface area contributed by atoms with Crippen LogP contribution in [0, 0.1) is 0 Å². The zero-order valence-electron chi connectivity index (χ0n) is 9.57. The lowest BCUT2D eigenvalue weighted by molar-refractivity contribution is 0.601. The number of nitrogens with one attached hydrogen (secondary N) is 1. The second kappa shape index (κ2) is 5.95. The van der Waals surface area contributed by atoms with Crippen molar-refractivity contribution in [2.75, 3.05) is 4.72 Å². The highest BCUT2D eigenvalue weighted by Crippen LogP contribution is 2.32. The molecule has 0 atom stereocenters. The highest BCUT2D eigenvalue weighted by molar-refractivity contribution is 7.92. The molecule has 0 aliphatic rings. The van der Waals surface area contributed by atoms with Crippen molar-refractivity contribution in [3.63, 3.8) is 0 Å². The lowest BCUT2D eigenvalue weighted by Gasteiger charge is -2.10. The van der Waals surface area contributed by atoms with Crippen molar-refractivity contribution in [3.05, 3.63) is 50.6 Å². The van der Waals surface area contributed by atoms with Gasteiger partial charge in [-0.05, 0) is 24.3 Å². The number of hydrogen-bond acceptors (Lipinski definition) is 3. The van der Waals surface area contributed by atoms with E-state index in [9.17, 15) is 8.42 Å². The third-order valence-corrected chi connectivity index (χ3v) is 5.00. The fraction of sp³-hybridized carbons (Fsp3) is 0. The quantitative estimate of drug-likeness (QED) is 0.808. The summed E-state index contributed by atoms with van der Waals surface area (Å²) in [4.78, 5) is 3.64. The van der Waals surface area contributed by atoms with Gasteiger partial charge in [0.15, 0.2) is 0 Å². The zero-order chi connectivity index (χ0) is 14.9. The second-order valence-electron chi connectivity index (χ2n) is 3.66. The minimum atomic E-state index is -3.93. The van der Waals surface area contributed by atoms with Crippen LogP contribution in [0.1, 0.15) is 0 Å². The van der Waals surface area contributed by atoms with Crippen LogP contribution in [0.25, 0.3) is 0 Å². The molecule has 0 spiro atoms. The van der Waals surface area contributed by atoms with Gasteiger partial charge < -0.3 is 0 Å². The van der Waals surface area contributed by atoms with Crippen LogP contribution < -0.4 is 4.72 Å². The van der Waals surface area contributed by atoms with Crippen LogP contribution in [0.5, 0.6) is 0 Å². The first-order valence-electron chi connectivity index (χ1n) is 5.08. The van der Waals surface area contributed by atoms with Gasteiger partial charge in [0.1, 0.15) is 10.7 Å². The molecule has 0 radical (unpaired) electrons. The predicted octanol–water partition coefficient (Wildman–Crippen LogP) is 4.50. The summed E-state index contributed by atoms with van der Waals surface area (Å²) < 4.78 is 26.7. The molecule has 4 nitrogen and oxygen atoms in total. The summed E-state index contributed by atoms with van der Waals surface area (Å²) in [6, 6.07) is 5.36.